The minimum atomic E-state index is -4.54. The van der Waals surface area contributed by atoms with Gasteiger partial charge in [-0.3, -0.25) is 4.90 Å². The van der Waals surface area contributed by atoms with Gasteiger partial charge in [-0.05, 0) is 31.7 Å². The summed E-state index contributed by atoms with van der Waals surface area (Å²) in [7, 11) is 3.60. The fourth-order valence-corrected chi connectivity index (χ4v) is 4.01. The minimum Gasteiger partial charge on any atom is -0.385 e. The van der Waals surface area contributed by atoms with E-state index in [0.717, 1.165) is 30.7 Å². The lowest BCUT2D eigenvalue weighted by Gasteiger charge is -2.41. The van der Waals surface area contributed by atoms with E-state index < -0.39 is 23.4 Å². The first-order chi connectivity index (χ1) is 15.2. The Morgan fingerprint density at radius 1 is 1.09 bits per heavy atom. The Hall–Kier alpha value is -2.72. The predicted molar refractivity (Wildman–Crippen MR) is 112 cm³/mol. The summed E-state index contributed by atoms with van der Waals surface area (Å²) in [5, 5.41) is 2.93. The molecule has 0 amide bonds. The number of rotatable bonds is 3. The molecule has 10 heteroatoms. The van der Waals surface area contributed by atoms with E-state index in [2.05, 4.69) is 15.2 Å². The van der Waals surface area contributed by atoms with Crippen LogP contribution >= 0.6 is 0 Å². The van der Waals surface area contributed by atoms with Gasteiger partial charge in [-0.1, -0.05) is 0 Å². The van der Waals surface area contributed by atoms with E-state index in [9.17, 15) is 22.0 Å². The number of ether oxygens (including phenoxy) is 1. The van der Waals surface area contributed by atoms with Gasteiger partial charge < -0.3 is 15.0 Å². The van der Waals surface area contributed by atoms with E-state index in [-0.39, 0.29) is 23.0 Å². The number of methoxy groups -OCH3 is 1. The monoisotopic (exact) mass is 454 g/mol. The van der Waals surface area contributed by atoms with Gasteiger partial charge >= 0.3 is 6.18 Å². The van der Waals surface area contributed by atoms with Crippen molar-refractivity contribution in [2.45, 2.75) is 18.6 Å². The number of nitrogens with one attached hydrogen (secondary N) is 1. The molecule has 1 atom stereocenters. The summed E-state index contributed by atoms with van der Waals surface area (Å²) in [6, 6.07) is 5.29. The normalized spacial score (nSPS) is 19.0. The second-order valence-electron chi connectivity index (χ2n) is 7.96. The van der Waals surface area contributed by atoms with Crippen LogP contribution in [0.5, 0.6) is 0 Å². The highest BCUT2D eigenvalue weighted by atomic mass is 19.4. The second-order valence-corrected chi connectivity index (χ2v) is 7.96. The van der Waals surface area contributed by atoms with Gasteiger partial charge in [0.05, 0.1) is 16.9 Å². The molecule has 0 spiro atoms. The number of amidine groups is 1. The van der Waals surface area contributed by atoms with Crippen molar-refractivity contribution in [2.24, 2.45) is 4.99 Å². The van der Waals surface area contributed by atoms with Crippen LogP contribution < -0.4 is 5.32 Å². The molecular formula is C22H23F5N4O. The molecule has 1 N–H and O–H groups in total. The second kappa shape index (κ2) is 8.67. The minimum absolute atomic E-state index is 0.0984. The lowest BCUT2D eigenvalue weighted by molar-refractivity contribution is -0.137. The van der Waals surface area contributed by atoms with Gasteiger partial charge in [0.25, 0.3) is 0 Å². The number of nitrogens with zero attached hydrogens (tertiary/aromatic N) is 3. The van der Waals surface area contributed by atoms with Crippen molar-refractivity contribution >= 4 is 22.9 Å². The summed E-state index contributed by atoms with van der Waals surface area (Å²) >= 11 is 0. The largest absolute Gasteiger partial charge is 0.416 e. The number of hydrogen-bond acceptors (Lipinski definition) is 5. The van der Waals surface area contributed by atoms with Crippen molar-refractivity contribution < 1.29 is 26.7 Å². The number of halogens is 5. The molecule has 0 aromatic heterocycles. The first-order valence-corrected chi connectivity index (χ1v) is 10.2. The zero-order valence-corrected chi connectivity index (χ0v) is 17.6. The van der Waals surface area contributed by atoms with Gasteiger partial charge in [0.15, 0.2) is 11.6 Å². The fraction of sp³-hybridized carbons (Fsp3) is 0.409. The number of likely N-dealkylation sites (N-methyl/N-ethyl adjacent to an activating group) is 1. The van der Waals surface area contributed by atoms with Crippen molar-refractivity contribution in [3.63, 3.8) is 0 Å². The van der Waals surface area contributed by atoms with Crippen LogP contribution in [0.15, 0.2) is 35.3 Å². The van der Waals surface area contributed by atoms with Gasteiger partial charge in [0.2, 0.25) is 0 Å². The highest BCUT2D eigenvalue weighted by Crippen LogP contribution is 2.39. The van der Waals surface area contributed by atoms with Gasteiger partial charge in [0, 0.05) is 62.8 Å². The number of hydrogen-bond donors (Lipinski definition) is 1. The molecule has 5 nitrogen and oxygen atoms in total. The van der Waals surface area contributed by atoms with Crippen molar-refractivity contribution in [3.8, 4) is 0 Å². The molecule has 0 aliphatic carbocycles. The summed E-state index contributed by atoms with van der Waals surface area (Å²) in [6.07, 6.45) is -3.80. The van der Waals surface area contributed by atoms with E-state index in [1.165, 1.54) is 6.07 Å². The van der Waals surface area contributed by atoms with Crippen LogP contribution in [0.1, 0.15) is 17.5 Å². The Labute approximate surface area is 182 Å². The fourth-order valence-electron chi connectivity index (χ4n) is 4.01. The van der Waals surface area contributed by atoms with Crippen LogP contribution in [-0.4, -0.2) is 62.1 Å². The Kier molecular flexibility index (Phi) is 6.09. The van der Waals surface area contributed by atoms with E-state index in [0.29, 0.717) is 37.8 Å². The lowest BCUT2D eigenvalue weighted by Crippen LogP contribution is -2.53. The molecule has 2 aliphatic rings. The summed E-state index contributed by atoms with van der Waals surface area (Å²) in [4.78, 5) is 8.59. The van der Waals surface area contributed by atoms with Crippen LogP contribution in [-0.2, 0) is 10.9 Å². The molecule has 2 heterocycles. The van der Waals surface area contributed by atoms with Crippen molar-refractivity contribution in [3.05, 3.63) is 53.1 Å². The number of aliphatic imine (C=N–C) groups is 1. The molecule has 0 unspecified atom stereocenters. The topological polar surface area (TPSA) is 40.1 Å². The quantitative estimate of drug-likeness (QED) is 0.679. The molecule has 1 fully saturated rings. The van der Waals surface area contributed by atoms with Crippen LogP contribution in [0.2, 0.25) is 0 Å². The SMILES string of the molecule is COCC[C@H]1CN(C2=Nc3cc(F)c(F)cc3Nc3ccc(C(F)(F)F)cc32)CCN1C. The molecule has 2 aliphatic heterocycles. The van der Waals surface area contributed by atoms with E-state index >= 15 is 0 Å². The van der Waals surface area contributed by atoms with Crippen LogP contribution in [0.25, 0.3) is 0 Å². The molecule has 32 heavy (non-hydrogen) atoms. The average molecular weight is 454 g/mol. The predicted octanol–water partition coefficient (Wildman–Crippen LogP) is 4.77. The Morgan fingerprint density at radius 2 is 1.84 bits per heavy atom. The Balaban J connectivity index is 1.82. The van der Waals surface area contributed by atoms with Gasteiger partial charge in [-0.15, -0.1) is 0 Å². The number of benzene rings is 2. The van der Waals surface area contributed by atoms with Gasteiger partial charge in [0.1, 0.15) is 5.84 Å². The number of anilines is 2. The molecule has 0 radical (unpaired) electrons. The summed E-state index contributed by atoms with van der Waals surface area (Å²) < 4.78 is 73.4. The Bertz CT molecular complexity index is 1040. The zero-order valence-electron chi connectivity index (χ0n) is 17.6. The van der Waals surface area contributed by atoms with E-state index in [4.69, 9.17) is 4.74 Å². The Morgan fingerprint density at radius 3 is 2.56 bits per heavy atom. The maximum Gasteiger partial charge on any atom is 0.416 e. The van der Waals surface area contributed by atoms with Crippen LogP contribution in [0, 0.1) is 11.6 Å². The highest BCUT2D eigenvalue weighted by molar-refractivity contribution is 6.08. The highest BCUT2D eigenvalue weighted by Gasteiger charge is 2.34. The third-order valence-electron chi connectivity index (χ3n) is 5.85. The number of alkyl halides is 3. The van der Waals surface area contributed by atoms with Crippen molar-refractivity contribution in [1.82, 2.24) is 9.80 Å². The van der Waals surface area contributed by atoms with Crippen LogP contribution in [0.3, 0.4) is 0 Å². The van der Waals surface area contributed by atoms with E-state index in [1.54, 1.807) is 7.11 Å². The maximum absolute atomic E-state index is 14.0. The van der Waals surface area contributed by atoms with Crippen LogP contribution in [0.4, 0.5) is 39.0 Å². The standard InChI is InChI=1S/C22H23F5N4O/c1-30-6-7-31(12-14(30)5-8-32-2)21-15-9-13(22(25,26)27)3-4-18(15)28-19-10-16(23)17(24)11-20(19)29-21/h3-4,9-11,14,28H,5-8,12H2,1-2H3/t14-/m0/s1. The van der Waals surface area contributed by atoms with Crippen molar-refractivity contribution in [1.29, 1.82) is 0 Å². The molecule has 4 rings (SSSR count). The molecule has 0 bridgehead atoms. The summed E-state index contributed by atoms with van der Waals surface area (Å²) in [5.74, 6) is -1.85. The molecule has 172 valence electrons. The molecular weight excluding hydrogens is 431 g/mol. The molecule has 0 saturated carbocycles. The number of fused-ring (bicyclic) bond motifs is 2. The van der Waals surface area contributed by atoms with Gasteiger partial charge in [-0.25, -0.2) is 13.8 Å². The smallest absolute Gasteiger partial charge is 0.385 e. The third-order valence-corrected chi connectivity index (χ3v) is 5.85. The average Bonchev–Trinajstić information content (AvgIpc) is 2.89. The molecule has 1 saturated heterocycles. The first kappa shape index (κ1) is 22.5. The molecule has 2 aromatic rings. The summed E-state index contributed by atoms with van der Waals surface area (Å²) in [6.45, 7) is 2.24. The zero-order chi connectivity index (χ0) is 23.0. The van der Waals surface area contributed by atoms with E-state index in [1.807, 2.05) is 11.9 Å². The van der Waals surface area contributed by atoms with Crippen molar-refractivity contribution in [2.75, 3.05) is 45.7 Å². The summed E-state index contributed by atoms with van der Waals surface area (Å²) in [5.41, 5.74) is 0.0564. The maximum atomic E-state index is 14.0. The third kappa shape index (κ3) is 4.42. The van der Waals surface area contributed by atoms with Gasteiger partial charge in [-0.2, -0.15) is 13.2 Å². The molecule has 2 aromatic carbocycles. The lowest BCUT2D eigenvalue weighted by atomic mass is 10.0. The first-order valence-electron chi connectivity index (χ1n) is 10.2. The number of piperazine rings is 1.